The van der Waals surface area contributed by atoms with Gasteiger partial charge in [0.15, 0.2) is 12.4 Å². The van der Waals surface area contributed by atoms with Gasteiger partial charge in [0.05, 0.1) is 13.2 Å². The van der Waals surface area contributed by atoms with Gasteiger partial charge in [0.1, 0.15) is 12.1 Å². The molecule has 174 valence electrons. The summed E-state index contributed by atoms with van der Waals surface area (Å²) in [6, 6.07) is 3.70. The van der Waals surface area contributed by atoms with Crippen molar-refractivity contribution in [3.05, 3.63) is 30.1 Å². The number of esters is 1. The maximum Gasteiger partial charge on any atom is 0.344 e. The summed E-state index contributed by atoms with van der Waals surface area (Å²) >= 11 is 0. The van der Waals surface area contributed by atoms with Gasteiger partial charge in [-0.25, -0.2) is 17.8 Å². The van der Waals surface area contributed by atoms with E-state index in [9.17, 15) is 17.8 Å². The van der Waals surface area contributed by atoms with Crippen LogP contribution in [-0.4, -0.2) is 32.2 Å². The first-order valence-electron chi connectivity index (χ1n) is 11.1. The first kappa shape index (κ1) is 28.5. The van der Waals surface area contributed by atoms with Crippen LogP contribution in [0.25, 0.3) is 0 Å². The molecule has 0 aliphatic carbocycles. The van der Waals surface area contributed by atoms with Crippen molar-refractivity contribution < 1.29 is 31.3 Å². The van der Waals surface area contributed by atoms with Crippen molar-refractivity contribution in [3.8, 4) is 0 Å². The van der Waals surface area contributed by atoms with Crippen LogP contribution in [0.3, 0.4) is 0 Å². The van der Waals surface area contributed by atoms with Crippen molar-refractivity contribution in [3.63, 3.8) is 0 Å². The van der Waals surface area contributed by atoms with Gasteiger partial charge in [0, 0.05) is 12.5 Å². The minimum absolute atomic E-state index is 0.0258. The first-order chi connectivity index (χ1) is 14.3. The lowest BCUT2D eigenvalue weighted by molar-refractivity contribution is -0.697. The Morgan fingerprint density at radius 2 is 1.57 bits per heavy atom. The Labute approximate surface area is 182 Å². The fraction of sp³-hybridized carbons (Fsp3) is 0.727. The van der Waals surface area contributed by atoms with Gasteiger partial charge in [-0.05, 0) is 18.9 Å². The lowest BCUT2D eigenvalue weighted by Gasteiger charge is -2.06. The molecule has 0 saturated heterocycles. The first-order valence-corrected chi connectivity index (χ1v) is 12.4. The van der Waals surface area contributed by atoms with Crippen molar-refractivity contribution in [2.24, 2.45) is 0 Å². The summed E-state index contributed by atoms with van der Waals surface area (Å²) < 4.78 is 41.2. The van der Waals surface area contributed by atoms with Crippen molar-refractivity contribution in [2.75, 3.05) is 13.2 Å². The topological polar surface area (TPSA) is 96.6 Å². The molecule has 0 aromatic carbocycles. The Bertz CT molecular complexity index is 663. The smallest absolute Gasteiger partial charge is 0.344 e. The van der Waals surface area contributed by atoms with E-state index in [1.165, 1.54) is 19.3 Å². The van der Waals surface area contributed by atoms with Gasteiger partial charge in [-0.15, -0.1) is 0 Å². The summed E-state index contributed by atoms with van der Waals surface area (Å²) in [7, 11) is -4.47. The number of hydrogen-bond donors (Lipinski definition) is 0. The molecule has 0 atom stereocenters. The van der Waals surface area contributed by atoms with Crippen LogP contribution in [0.4, 0.5) is 0 Å². The molecule has 0 N–H and O–H groups in total. The molecule has 30 heavy (non-hydrogen) atoms. The number of unbranched alkanes of at least 4 members (excludes halogenated alkanes) is 7. The Kier molecular flexibility index (Phi) is 17.4. The molecule has 0 bridgehead atoms. The molecule has 0 aliphatic heterocycles. The molecular formula is C22H39NO6S. The van der Waals surface area contributed by atoms with Crippen molar-refractivity contribution in [1.82, 2.24) is 0 Å². The molecule has 1 rings (SSSR count). The maximum atomic E-state index is 11.7. The zero-order valence-electron chi connectivity index (χ0n) is 18.8. The summed E-state index contributed by atoms with van der Waals surface area (Å²) in [5.74, 6) is -0.218. The van der Waals surface area contributed by atoms with E-state index in [-0.39, 0.29) is 12.6 Å². The third-order valence-electron chi connectivity index (χ3n) is 4.32. The normalized spacial score (nSPS) is 10.9. The molecule has 1 aromatic rings. The molecule has 7 nitrogen and oxygen atoms in total. The number of aromatic nitrogens is 1. The molecule has 0 spiro atoms. The molecule has 0 saturated carbocycles. The largest absolute Gasteiger partial charge is 0.726 e. The molecule has 0 amide bonds. The third kappa shape index (κ3) is 17.4. The van der Waals surface area contributed by atoms with Crippen molar-refractivity contribution in [1.29, 1.82) is 0 Å². The summed E-state index contributed by atoms with van der Waals surface area (Å²) in [5.41, 5.74) is 0.639. The number of rotatable bonds is 15. The second-order valence-electron chi connectivity index (χ2n) is 7.17. The Morgan fingerprint density at radius 1 is 0.933 bits per heavy atom. The van der Waals surface area contributed by atoms with Crippen LogP contribution < -0.4 is 4.57 Å². The van der Waals surface area contributed by atoms with E-state index >= 15 is 0 Å². The molecule has 0 aliphatic rings. The fourth-order valence-electron chi connectivity index (χ4n) is 2.56. The van der Waals surface area contributed by atoms with E-state index < -0.39 is 10.4 Å². The zero-order chi connectivity index (χ0) is 22.7. The monoisotopic (exact) mass is 445 g/mol. The standard InChI is InChI=1S/C14H22NO2.C8H18O4S/c1-3-5-9-15-10-7-8-13(12-15)14(16)17-11-6-4-2;1-2-3-4-5-6-7-8-12-13(9,10)11/h7-8,10,12H,3-6,9,11H2,1-2H3;2-8H2,1H3,(H,9,10,11)/q+1;/p-1. The van der Waals surface area contributed by atoms with Crippen molar-refractivity contribution in [2.45, 2.75) is 91.5 Å². The number of carbonyl (C=O) groups excluding carboxylic acids is 1. The summed E-state index contributed by atoms with van der Waals surface area (Å²) in [6.45, 7) is 7.86. The molecule has 0 fully saturated rings. The quantitative estimate of drug-likeness (QED) is 0.129. The summed E-state index contributed by atoms with van der Waals surface area (Å²) in [5, 5.41) is 0. The maximum absolute atomic E-state index is 11.7. The van der Waals surface area contributed by atoms with Gasteiger partial charge in [0.25, 0.3) is 0 Å². The predicted molar refractivity (Wildman–Crippen MR) is 116 cm³/mol. The Morgan fingerprint density at radius 3 is 2.20 bits per heavy atom. The van der Waals surface area contributed by atoms with Crippen LogP contribution in [0.2, 0.25) is 0 Å². The van der Waals surface area contributed by atoms with Crippen LogP contribution in [0.5, 0.6) is 0 Å². The van der Waals surface area contributed by atoms with E-state index in [2.05, 4.69) is 25.0 Å². The second-order valence-corrected chi connectivity index (χ2v) is 8.22. The van der Waals surface area contributed by atoms with E-state index in [1.807, 2.05) is 23.0 Å². The zero-order valence-corrected chi connectivity index (χ0v) is 19.6. The fourth-order valence-corrected chi connectivity index (χ4v) is 2.88. The van der Waals surface area contributed by atoms with Crippen molar-refractivity contribution >= 4 is 16.4 Å². The van der Waals surface area contributed by atoms with E-state index in [1.54, 1.807) is 6.07 Å². The number of aryl methyl sites for hydroxylation is 1. The summed E-state index contributed by atoms with van der Waals surface area (Å²) in [6.07, 6.45) is 14.3. The van der Waals surface area contributed by atoms with Crippen LogP contribution in [-0.2, 0) is 25.9 Å². The lowest BCUT2D eigenvalue weighted by Crippen LogP contribution is -2.33. The average molecular weight is 446 g/mol. The van der Waals surface area contributed by atoms with Crippen LogP contribution in [0.15, 0.2) is 24.5 Å². The van der Waals surface area contributed by atoms with E-state index in [0.717, 1.165) is 45.1 Å². The van der Waals surface area contributed by atoms with Gasteiger partial charge < -0.3 is 9.29 Å². The molecule has 8 heteroatoms. The number of pyridine rings is 1. The van der Waals surface area contributed by atoms with Gasteiger partial charge >= 0.3 is 5.97 Å². The molecule has 0 radical (unpaired) electrons. The van der Waals surface area contributed by atoms with Crippen LogP contribution >= 0.6 is 0 Å². The lowest BCUT2D eigenvalue weighted by atomic mass is 10.1. The van der Waals surface area contributed by atoms with E-state index in [4.69, 9.17) is 4.74 Å². The highest BCUT2D eigenvalue weighted by molar-refractivity contribution is 7.80. The molecule has 0 unspecified atom stereocenters. The second kappa shape index (κ2) is 18.3. The number of hydrogen-bond acceptors (Lipinski definition) is 6. The minimum Gasteiger partial charge on any atom is -0.726 e. The minimum atomic E-state index is -4.47. The average Bonchev–Trinajstić information content (AvgIpc) is 2.71. The SMILES string of the molecule is CCCCCCCCOS(=O)(=O)[O-].CCCCOC(=O)c1ccc[n+](CCCC)c1. The van der Waals surface area contributed by atoms with E-state index in [0.29, 0.717) is 18.6 Å². The molecule has 1 heterocycles. The van der Waals surface area contributed by atoms with Crippen LogP contribution in [0.1, 0.15) is 95.3 Å². The number of carbonyl (C=O) groups is 1. The third-order valence-corrected chi connectivity index (χ3v) is 4.78. The van der Waals surface area contributed by atoms with Gasteiger partial charge in [-0.2, -0.15) is 0 Å². The Hall–Kier alpha value is -1.51. The highest BCUT2D eigenvalue weighted by Gasteiger charge is 2.11. The number of ether oxygens (including phenoxy) is 1. The highest BCUT2D eigenvalue weighted by Crippen LogP contribution is 2.05. The predicted octanol–water partition coefficient (Wildman–Crippen LogP) is 4.55. The number of nitrogens with zero attached hydrogens (tertiary/aromatic N) is 1. The summed E-state index contributed by atoms with van der Waals surface area (Å²) in [4.78, 5) is 11.7. The van der Waals surface area contributed by atoms with Gasteiger partial charge in [-0.3, -0.25) is 4.18 Å². The highest BCUT2D eigenvalue weighted by atomic mass is 32.3. The molecular weight excluding hydrogens is 406 g/mol. The Balaban J connectivity index is 0.000000584. The van der Waals surface area contributed by atoms with Crippen LogP contribution in [0, 0.1) is 0 Å². The van der Waals surface area contributed by atoms with Gasteiger partial charge in [-0.1, -0.05) is 65.7 Å². The van der Waals surface area contributed by atoms with Gasteiger partial charge in [0.2, 0.25) is 10.4 Å². The molecule has 1 aromatic heterocycles.